The third-order valence-electron chi connectivity index (χ3n) is 3.87. The van der Waals surface area contributed by atoms with Crippen molar-refractivity contribution >= 4 is 17.3 Å². The molecule has 3 nitrogen and oxygen atoms in total. The number of rotatable bonds is 2. The molecule has 4 rings (SSSR count). The van der Waals surface area contributed by atoms with Gasteiger partial charge in [-0.25, -0.2) is 4.98 Å². The molecule has 0 fully saturated rings. The number of fused-ring (bicyclic) bond motifs is 1. The van der Waals surface area contributed by atoms with Gasteiger partial charge in [-0.05, 0) is 36.2 Å². The first-order valence-corrected chi connectivity index (χ1v) is 7.35. The monoisotopic (exact) mass is 295 g/mol. The Morgan fingerprint density at radius 2 is 1.95 bits per heavy atom. The number of aromatic nitrogens is 2. The van der Waals surface area contributed by atoms with Crippen LogP contribution in [0.5, 0.6) is 0 Å². The van der Waals surface area contributed by atoms with E-state index in [1.54, 1.807) is 0 Å². The van der Waals surface area contributed by atoms with Crippen molar-refractivity contribution in [1.82, 2.24) is 9.55 Å². The average Bonchev–Trinajstić information content (AvgIpc) is 3.16. The SMILES string of the molecule is Clc1ccc(-n2cncc2-c2cccc3c2NCC3)cc1. The van der Waals surface area contributed by atoms with Crippen LogP contribution in [-0.2, 0) is 6.42 Å². The van der Waals surface area contributed by atoms with E-state index in [1.165, 1.54) is 16.8 Å². The maximum absolute atomic E-state index is 5.97. The first-order chi connectivity index (χ1) is 10.3. The molecule has 2 aromatic carbocycles. The van der Waals surface area contributed by atoms with Gasteiger partial charge >= 0.3 is 0 Å². The van der Waals surface area contributed by atoms with Crippen LogP contribution in [0.15, 0.2) is 55.0 Å². The fourth-order valence-electron chi connectivity index (χ4n) is 2.85. The Morgan fingerprint density at radius 3 is 2.81 bits per heavy atom. The predicted molar refractivity (Wildman–Crippen MR) is 86.2 cm³/mol. The smallest absolute Gasteiger partial charge is 0.0997 e. The van der Waals surface area contributed by atoms with Gasteiger partial charge < -0.3 is 5.32 Å². The van der Waals surface area contributed by atoms with E-state index in [-0.39, 0.29) is 0 Å². The number of halogens is 1. The summed E-state index contributed by atoms with van der Waals surface area (Å²) in [6.07, 6.45) is 4.83. The normalized spacial score (nSPS) is 13.0. The van der Waals surface area contributed by atoms with E-state index in [0.29, 0.717) is 0 Å². The molecule has 4 heteroatoms. The van der Waals surface area contributed by atoms with E-state index in [1.807, 2.05) is 36.8 Å². The number of nitrogens with one attached hydrogen (secondary N) is 1. The number of hydrogen-bond donors (Lipinski definition) is 1. The Hall–Kier alpha value is -2.26. The molecular formula is C17H14ClN3. The summed E-state index contributed by atoms with van der Waals surface area (Å²) < 4.78 is 2.09. The maximum atomic E-state index is 5.97. The Morgan fingerprint density at radius 1 is 1.10 bits per heavy atom. The topological polar surface area (TPSA) is 29.9 Å². The fourth-order valence-corrected chi connectivity index (χ4v) is 2.98. The number of nitrogens with zero attached hydrogens (tertiary/aromatic N) is 2. The third-order valence-corrected chi connectivity index (χ3v) is 4.12. The van der Waals surface area contributed by atoms with Gasteiger partial charge in [-0.3, -0.25) is 4.57 Å². The standard InChI is InChI=1S/C17H14ClN3/c18-13-4-6-14(7-5-13)21-11-19-10-16(21)15-3-1-2-12-8-9-20-17(12)15/h1-7,10-11,20H,8-9H2. The number of anilines is 1. The largest absolute Gasteiger partial charge is 0.384 e. The highest BCUT2D eigenvalue weighted by Crippen LogP contribution is 2.35. The molecule has 21 heavy (non-hydrogen) atoms. The molecule has 2 heterocycles. The molecule has 0 saturated heterocycles. The molecule has 1 aromatic heterocycles. The van der Waals surface area contributed by atoms with Crippen LogP contribution >= 0.6 is 11.6 Å². The van der Waals surface area contributed by atoms with Crippen LogP contribution in [0.4, 0.5) is 5.69 Å². The summed E-state index contributed by atoms with van der Waals surface area (Å²) in [7, 11) is 0. The van der Waals surface area contributed by atoms with Crippen molar-refractivity contribution in [3.05, 3.63) is 65.6 Å². The van der Waals surface area contributed by atoms with Gasteiger partial charge in [0.15, 0.2) is 0 Å². The Kier molecular flexibility index (Phi) is 2.93. The fraction of sp³-hybridized carbons (Fsp3) is 0.118. The molecule has 1 N–H and O–H groups in total. The van der Waals surface area contributed by atoms with Crippen LogP contribution in [0, 0.1) is 0 Å². The Bertz CT molecular complexity index is 790. The highest BCUT2D eigenvalue weighted by molar-refractivity contribution is 6.30. The van der Waals surface area contributed by atoms with Crippen molar-refractivity contribution in [2.45, 2.75) is 6.42 Å². The van der Waals surface area contributed by atoms with Gasteiger partial charge in [-0.1, -0.05) is 29.8 Å². The van der Waals surface area contributed by atoms with Crippen LogP contribution < -0.4 is 5.32 Å². The van der Waals surface area contributed by atoms with Crippen LogP contribution in [0.25, 0.3) is 16.9 Å². The molecule has 0 bridgehead atoms. The second kappa shape index (κ2) is 4.93. The van der Waals surface area contributed by atoms with Gasteiger partial charge in [0.25, 0.3) is 0 Å². The Balaban J connectivity index is 1.86. The summed E-state index contributed by atoms with van der Waals surface area (Å²) in [4.78, 5) is 4.33. The predicted octanol–water partition coefficient (Wildman–Crippen LogP) is 4.16. The van der Waals surface area contributed by atoms with Crippen LogP contribution in [0.3, 0.4) is 0 Å². The molecular weight excluding hydrogens is 282 g/mol. The minimum atomic E-state index is 0.739. The van der Waals surface area contributed by atoms with E-state index in [0.717, 1.165) is 29.4 Å². The zero-order chi connectivity index (χ0) is 14.2. The van der Waals surface area contributed by atoms with Crippen molar-refractivity contribution in [3.63, 3.8) is 0 Å². The molecule has 0 aliphatic carbocycles. The summed E-state index contributed by atoms with van der Waals surface area (Å²) in [5.74, 6) is 0. The molecule has 0 radical (unpaired) electrons. The third kappa shape index (κ3) is 2.10. The second-order valence-corrected chi connectivity index (χ2v) is 5.58. The summed E-state index contributed by atoms with van der Waals surface area (Å²) >= 11 is 5.97. The summed E-state index contributed by atoms with van der Waals surface area (Å²) in [5, 5.41) is 4.22. The molecule has 104 valence electrons. The van der Waals surface area contributed by atoms with Gasteiger partial charge in [0.05, 0.1) is 18.2 Å². The molecule has 3 aromatic rings. The first-order valence-electron chi connectivity index (χ1n) is 6.97. The minimum absolute atomic E-state index is 0.739. The molecule has 0 unspecified atom stereocenters. The quantitative estimate of drug-likeness (QED) is 0.769. The molecule has 0 amide bonds. The number of imidazole rings is 1. The maximum Gasteiger partial charge on any atom is 0.0997 e. The number of hydrogen-bond acceptors (Lipinski definition) is 2. The van der Waals surface area contributed by atoms with Crippen LogP contribution in [0.1, 0.15) is 5.56 Å². The van der Waals surface area contributed by atoms with E-state index >= 15 is 0 Å². The summed E-state index contributed by atoms with van der Waals surface area (Å²) in [5.41, 5.74) is 5.94. The van der Waals surface area contributed by atoms with Crippen molar-refractivity contribution in [1.29, 1.82) is 0 Å². The molecule has 0 atom stereocenters. The van der Waals surface area contributed by atoms with E-state index < -0.39 is 0 Å². The highest BCUT2D eigenvalue weighted by atomic mass is 35.5. The zero-order valence-corrected chi connectivity index (χ0v) is 12.1. The van der Waals surface area contributed by atoms with Crippen LogP contribution in [-0.4, -0.2) is 16.1 Å². The van der Waals surface area contributed by atoms with Gasteiger partial charge in [-0.2, -0.15) is 0 Å². The molecule has 1 aliphatic rings. The lowest BCUT2D eigenvalue weighted by Gasteiger charge is -2.12. The summed E-state index contributed by atoms with van der Waals surface area (Å²) in [6.45, 7) is 1.00. The van der Waals surface area contributed by atoms with Gasteiger partial charge in [0.1, 0.15) is 0 Å². The molecule has 0 spiro atoms. The van der Waals surface area contributed by atoms with Gasteiger partial charge in [0, 0.05) is 28.5 Å². The lowest BCUT2D eigenvalue weighted by atomic mass is 10.1. The van der Waals surface area contributed by atoms with Crippen LogP contribution in [0.2, 0.25) is 5.02 Å². The number of benzene rings is 2. The lowest BCUT2D eigenvalue weighted by molar-refractivity contribution is 1.06. The van der Waals surface area contributed by atoms with E-state index in [4.69, 9.17) is 11.6 Å². The van der Waals surface area contributed by atoms with Crippen molar-refractivity contribution < 1.29 is 0 Å². The zero-order valence-electron chi connectivity index (χ0n) is 11.4. The van der Waals surface area contributed by atoms with Gasteiger partial charge in [-0.15, -0.1) is 0 Å². The van der Waals surface area contributed by atoms with Crippen molar-refractivity contribution in [2.24, 2.45) is 0 Å². The average molecular weight is 296 g/mol. The van der Waals surface area contributed by atoms with Crippen molar-refractivity contribution in [3.8, 4) is 16.9 Å². The molecule has 0 saturated carbocycles. The first kappa shape index (κ1) is 12.5. The Labute approximate surface area is 128 Å². The van der Waals surface area contributed by atoms with Gasteiger partial charge in [0.2, 0.25) is 0 Å². The second-order valence-electron chi connectivity index (χ2n) is 5.14. The van der Waals surface area contributed by atoms with E-state index in [9.17, 15) is 0 Å². The lowest BCUT2D eigenvalue weighted by Crippen LogP contribution is -1.98. The summed E-state index contributed by atoms with van der Waals surface area (Å²) in [6, 6.07) is 14.2. The van der Waals surface area contributed by atoms with E-state index in [2.05, 4.69) is 33.1 Å². The number of para-hydroxylation sites is 1. The highest BCUT2D eigenvalue weighted by Gasteiger charge is 2.17. The molecule has 1 aliphatic heterocycles. The minimum Gasteiger partial charge on any atom is -0.384 e. The van der Waals surface area contributed by atoms with Crippen molar-refractivity contribution in [2.75, 3.05) is 11.9 Å².